The van der Waals surface area contributed by atoms with Crippen molar-refractivity contribution in [2.24, 2.45) is 0 Å². The second kappa shape index (κ2) is 6.51. The molecule has 2 rings (SSSR count). The Morgan fingerprint density at radius 2 is 2.20 bits per heavy atom. The van der Waals surface area contributed by atoms with Gasteiger partial charge in [-0.3, -0.25) is 4.79 Å². The van der Waals surface area contributed by atoms with Gasteiger partial charge in [0, 0.05) is 0 Å². The third kappa shape index (κ3) is 3.28. The molecule has 7 heteroatoms. The highest BCUT2D eigenvalue weighted by atomic mass is 79.9. The van der Waals surface area contributed by atoms with Crippen LogP contribution in [0.1, 0.15) is 32.5 Å². The van der Waals surface area contributed by atoms with E-state index in [1.54, 1.807) is 18.4 Å². The van der Waals surface area contributed by atoms with E-state index in [2.05, 4.69) is 21.2 Å². The van der Waals surface area contributed by atoms with Crippen molar-refractivity contribution in [3.63, 3.8) is 0 Å². The van der Waals surface area contributed by atoms with Crippen molar-refractivity contribution in [2.45, 2.75) is 13.8 Å². The Hall–Kier alpha value is -1.18. The first kappa shape index (κ1) is 15.2. The Morgan fingerprint density at radius 1 is 1.45 bits per heavy atom. The Bertz CT molecular complexity index is 628. The first-order valence-electron chi connectivity index (χ1n) is 5.84. The van der Waals surface area contributed by atoms with Crippen LogP contribution in [0.4, 0.5) is 5.00 Å². The minimum absolute atomic E-state index is 0.225. The quantitative estimate of drug-likeness (QED) is 0.812. The Morgan fingerprint density at radius 3 is 2.80 bits per heavy atom. The minimum atomic E-state index is -0.424. The maximum Gasteiger partial charge on any atom is 0.341 e. The summed E-state index contributed by atoms with van der Waals surface area (Å²) in [6.07, 6.45) is 0. The fraction of sp³-hybridized carbons (Fsp3) is 0.231. The number of thiophene rings is 2. The summed E-state index contributed by atoms with van der Waals surface area (Å²) in [6.45, 7) is 3.97. The summed E-state index contributed by atoms with van der Waals surface area (Å²) in [6, 6.07) is 3.45. The van der Waals surface area contributed by atoms with Crippen LogP contribution in [0, 0.1) is 6.92 Å². The summed E-state index contributed by atoms with van der Waals surface area (Å²) in [4.78, 5) is 24.5. The molecule has 20 heavy (non-hydrogen) atoms. The molecule has 2 aromatic heterocycles. The molecule has 2 heterocycles. The van der Waals surface area contributed by atoms with Crippen LogP contribution in [0.3, 0.4) is 0 Å². The molecule has 106 valence electrons. The molecule has 1 N–H and O–H groups in total. The lowest BCUT2D eigenvalue weighted by Crippen LogP contribution is -2.13. The molecule has 0 spiro atoms. The first-order valence-corrected chi connectivity index (χ1v) is 8.33. The average molecular weight is 374 g/mol. The molecule has 0 aliphatic heterocycles. The summed E-state index contributed by atoms with van der Waals surface area (Å²) in [5, 5.41) is 5.01. The van der Waals surface area contributed by atoms with Crippen LogP contribution in [0.5, 0.6) is 0 Å². The summed E-state index contributed by atoms with van der Waals surface area (Å²) in [7, 11) is 0. The van der Waals surface area contributed by atoms with Crippen LogP contribution < -0.4 is 5.32 Å². The number of halogens is 1. The smallest absolute Gasteiger partial charge is 0.341 e. The van der Waals surface area contributed by atoms with Crippen molar-refractivity contribution in [1.29, 1.82) is 0 Å². The lowest BCUT2D eigenvalue weighted by atomic mass is 10.3. The van der Waals surface area contributed by atoms with Crippen LogP contribution in [0.2, 0.25) is 0 Å². The molecule has 0 fully saturated rings. The van der Waals surface area contributed by atoms with Crippen molar-refractivity contribution >= 4 is 55.5 Å². The van der Waals surface area contributed by atoms with E-state index in [0.29, 0.717) is 22.0 Å². The average Bonchev–Trinajstić information content (AvgIpc) is 2.98. The van der Waals surface area contributed by atoms with Crippen molar-refractivity contribution in [1.82, 2.24) is 0 Å². The van der Waals surface area contributed by atoms with E-state index < -0.39 is 5.97 Å². The van der Waals surface area contributed by atoms with E-state index in [-0.39, 0.29) is 5.91 Å². The number of nitrogens with one attached hydrogen (secondary N) is 1. The van der Waals surface area contributed by atoms with Gasteiger partial charge in [-0.2, -0.15) is 0 Å². The predicted molar refractivity (Wildman–Crippen MR) is 85.0 cm³/mol. The number of carbonyl (C=O) groups is 2. The highest BCUT2D eigenvalue weighted by Crippen LogP contribution is 2.29. The second-order valence-electron chi connectivity index (χ2n) is 3.91. The summed E-state index contributed by atoms with van der Waals surface area (Å²) < 4.78 is 5.88. The standard InChI is InChI=1S/C13H12BrNO3S2/c1-3-18-13(17)8-4-5-19-12(8)15-11(16)9-6-7(2)10(14)20-9/h4-6H,3H2,1-2H3,(H,15,16). The van der Waals surface area contributed by atoms with Gasteiger partial charge in [0.15, 0.2) is 0 Å². The molecule has 0 saturated carbocycles. The molecule has 0 aromatic carbocycles. The summed E-state index contributed by atoms with van der Waals surface area (Å²) in [5.41, 5.74) is 1.40. The number of amides is 1. The molecule has 0 aliphatic carbocycles. The van der Waals surface area contributed by atoms with Gasteiger partial charge in [0.1, 0.15) is 5.00 Å². The minimum Gasteiger partial charge on any atom is -0.462 e. The molecule has 2 aromatic rings. The normalized spacial score (nSPS) is 10.3. The third-order valence-electron chi connectivity index (χ3n) is 2.47. The van der Waals surface area contributed by atoms with E-state index >= 15 is 0 Å². The third-order valence-corrected chi connectivity index (χ3v) is 5.43. The zero-order valence-electron chi connectivity index (χ0n) is 10.9. The molecular formula is C13H12BrNO3S2. The maximum atomic E-state index is 12.1. The molecule has 4 nitrogen and oxygen atoms in total. The van der Waals surface area contributed by atoms with Crippen molar-refractivity contribution in [2.75, 3.05) is 11.9 Å². The number of carbonyl (C=O) groups excluding carboxylic acids is 2. The largest absolute Gasteiger partial charge is 0.462 e. The first-order chi connectivity index (χ1) is 9.52. The molecule has 0 radical (unpaired) electrons. The topological polar surface area (TPSA) is 55.4 Å². The molecule has 1 amide bonds. The number of esters is 1. The zero-order valence-corrected chi connectivity index (χ0v) is 14.1. The number of ether oxygens (including phenoxy) is 1. The van der Waals surface area contributed by atoms with E-state index in [1.165, 1.54) is 22.7 Å². The molecule has 0 unspecified atom stereocenters. The van der Waals surface area contributed by atoms with Crippen molar-refractivity contribution in [3.05, 3.63) is 37.3 Å². The van der Waals surface area contributed by atoms with Crippen molar-refractivity contribution in [3.8, 4) is 0 Å². The monoisotopic (exact) mass is 373 g/mol. The molecule has 0 atom stereocenters. The van der Waals surface area contributed by atoms with Gasteiger partial charge in [0.05, 0.1) is 20.8 Å². The highest BCUT2D eigenvalue weighted by molar-refractivity contribution is 9.11. The highest BCUT2D eigenvalue weighted by Gasteiger charge is 2.18. The fourth-order valence-electron chi connectivity index (χ4n) is 1.51. The van der Waals surface area contributed by atoms with Crippen LogP contribution in [0.25, 0.3) is 0 Å². The lowest BCUT2D eigenvalue weighted by Gasteiger charge is -2.04. The van der Waals surface area contributed by atoms with Crippen LogP contribution in [-0.4, -0.2) is 18.5 Å². The predicted octanol–water partition coefficient (Wildman–Crippen LogP) is 4.31. The van der Waals surface area contributed by atoms with E-state index in [4.69, 9.17) is 4.74 Å². The number of aryl methyl sites for hydroxylation is 1. The van der Waals surface area contributed by atoms with E-state index in [1.807, 2.05) is 13.0 Å². The van der Waals surface area contributed by atoms with Crippen LogP contribution in [-0.2, 0) is 4.74 Å². The summed E-state index contributed by atoms with van der Waals surface area (Å²) in [5.74, 6) is -0.649. The molecule has 0 saturated heterocycles. The van der Waals surface area contributed by atoms with Crippen LogP contribution in [0.15, 0.2) is 21.3 Å². The van der Waals surface area contributed by atoms with Gasteiger partial charge in [-0.05, 0) is 52.9 Å². The number of hydrogen-bond acceptors (Lipinski definition) is 5. The van der Waals surface area contributed by atoms with Gasteiger partial charge in [-0.15, -0.1) is 22.7 Å². The fourth-order valence-corrected chi connectivity index (χ4v) is 3.71. The molecule has 0 bridgehead atoms. The Kier molecular flexibility index (Phi) is 4.95. The number of rotatable bonds is 4. The second-order valence-corrected chi connectivity index (χ2v) is 7.19. The number of anilines is 1. The SMILES string of the molecule is CCOC(=O)c1ccsc1NC(=O)c1cc(C)c(Br)s1. The van der Waals surface area contributed by atoms with Gasteiger partial charge in [-0.25, -0.2) is 4.79 Å². The van der Waals surface area contributed by atoms with Gasteiger partial charge in [0.25, 0.3) is 5.91 Å². The number of hydrogen-bond donors (Lipinski definition) is 1. The lowest BCUT2D eigenvalue weighted by molar-refractivity contribution is 0.0528. The maximum absolute atomic E-state index is 12.1. The van der Waals surface area contributed by atoms with Crippen LogP contribution >= 0.6 is 38.6 Å². The Labute approximate surface area is 132 Å². The van der Waals surface area contributed by atoms with E-state index in [9.17, 15) is 9.59 Å². The van der Waals surface area contributed by atoms with E-state index in [0.717, 1.165) is 9.35 Å². The van der Waals surface area contributed by atoms with Crippen molar-refractivity contribution < 1.29 is 14.3 Å². The van der Waals surface area contributed by atoms with Gasteiger partial charge in [0.2, 0.25) is 0 Å². The summed E-state index contributed by atoms with van der Waals surface area (Å²) >= 11 is 6.05. The molecule has 0 aliphatic rings. The molecular weight excluding hydrogens is 362 g/mol. The van der Waals surface area contributed by atoms with Gasteiger partial charge >= 0.3 is 5.97 Å². The Balaban J connectivity index is 2.16. The zero-order chi connectivity index (χ0) is 14.7. The van der Waals surface area contributed by atoms with Gasteiger partial charge < -0.3 is 10.1 Å². The van der Waals surface area contributed by atoms with Gasteiger partial charge in [-0.1, -0.05) is 0 Å².